The van der Waals surface area contributed by atoms with Crippen molar-refractivity contribution in [2.24, 2.45) is 5.14 Å². The molecule has 1 aliphatic heterocycles. The van der Waals surface area contributed by atoms with E-state index in [-0.39, 0.29) is 10.8 Å². The molecule has 0 radical (unpaired) electrons. The van der Waals surface area contributed by atoms with Crippen molar-refractivity contribution in [2.75, 3.05) is 44.7 Å². The lowest BCUT2D eigenvalue weighted by atomic mass is 10.2. The Hall–Kier alpha value is -2.36. The van der Waals surface area contributed by atoms with Gasteiger partial charge in [0, 0.05) is 38.9 Å². The van der Waals surface area contributed by atoms with Crippen LogP contribution in [0.1, 0.15) is 11.5 Å². The predicted octanol–water partition coefficient (Wildman–Crippen LogP) is 1.02. The molecule has 1 saturated heterocycles. The van der Waals surface area contributed by atoms with E-state index in [1.807, 2.05) is 19.1 Å². The largest absolute Gasteiger partial charge is 0.464 e. The highest BCUT2D eigenvalue weighted by atomic mass is 32.2. The van der Waals surface area contributed by atoms with E-state index >= 15 is 0 Å². The number of benzene rings is 1. The molecular weight excluding hydrogens is 380 g/mol. The monoisotopic (exact) mass is 406 g/mol. The fourth-order valence-corrected chi connectivity index (χ4v) is 3.73. The molecule has 2 aromatic rings. The number of aryl methyl sites for hydroxylation is 1. The molecule has 1 fully saturated rings. The van der Waals surface area contributed by atoms with Crippen LogP contribution in [0.15, 0.2) is 45.7 Å². The maximum absolute atomic E-state index is 12.5. The maximum Gasteiger partial charge on any atom is 0.238 e. The molecule has 0 bridgehead atoms. The first-order valence-electron chi connectivity index (χ1n) is 9.12. The molecule has 1 amide bonds. The van der Waals surface area contributed by atoms with Gasteiger partial charge in [-0.1, -0.05) is 0 Å². The van der Waals surface area contributed by atoms with E-state index in [2.05, 4.69) is 9.80 Å². The molecule has 2 N–H and O–H groups in total. The molecule has 28 heavy (non-hydrogen) atoms. The number of amides is 1. The molecule has 1 aromatic heterocycles. The van der Waals surface area contributed by atoms with Gasteiger partial charge in [0.05, 0.1) is 18.0 Å². The van der Waals surface area contributed by atoms with Crippen LogP contribution in [0.25, 0.3) is 0 Å². The van der Waals surface area contributed by atoms with Gasteiger partial charge < -0.3 is 14.2 Å². The van der Waals surface area contributed by atoms with Crippen molar-refractivity contribution in [2.45, 2.75) is 18.4 Å². The van der Waals surface area contributed by atoms with Crippen LogP contribution in [-0.4, -0.2) is 63.9 Å². The van der Waals surface area contributed by atoms with Gasteiger partial charge in [0.2, 0.25) is 15.9 Å². The minimum atomic E-state index is -3.68. The van der Waals surface area contributed by atoms with Crippen molar-refractivity contribution in [3.8, 4) is 0 Å². The second-order valence-corrected chi connectivity index (χ2v) is 8.63. The molecule has 0 atom stereocenters. The average Bonchev–Trinajstić information content (AvgIpc) is 3.06. The van der Waals surface area contributed by atoms with Crippen molar-refractivity contribution in [3.63, 3.8) is 0 Å². The second-order valence-electron chi connectivity index (χ2n) is 7.06. The van der Waals surface area contributed by atoms with Crippen LogP contribution >= 0.6 is 0 Å². The van der Waals surface area contributed by atoms with Crippen LogP contribution in [-0.2, 0) is 21.4 Å². The van der Waals surface area contributed by atoms with E-state index in [0.29, 0.717) is 13.1 Å². The average molecular weight is 407 g/mol. The van der Waals surface area contributed by atoms with Gasteiger partial charge in [-0.05, 0) is 43.3 Å². The Labute approximate surface area is 165 Å². The Morgan fingerprint density at radius 1 is 1.11 bits per heavy atom. The summed E-state index contributed by atoms with van der Waals surface area (Å²) in [5.41, 5.74) is 0.948. The number of piperazine rings is 1. The number of carbonyl (C=O) groups excluding carboxylic acids is 1. The van der Waals surface area contributed by atoms with Gasteiger partial charge in [-0.25, -0.2) is 13.6 Å². The first-order chi connectivity index (χ1) is 13.2. The first kappa shape index (κ1) is 20.4. The zero-order valence-corrected chi connectivity index (χ0v) is 17.0. The van der Waals surface area contributed by atoms with Gasteiger partial charge in [0.15, 0.2) is 0 Å². The first-order valence-corrected chi connectivity index (χ1v) is 10.7. The van der Waals surface area contributed by atoms with E-state index < -0.39 is 10.0 Å². The number of primary sulfonamides is 1. The molecule has 0 saturated carbocycles. The number of rotatable bonds is 6. The van der Waals surface area contributed by atoms with E-state index in [9.17, 15) is 13.2 Å². The summed E-state index contributed by atoms with van der Waals surface area (Å²) < 4.78 is 28.2. The standard InChI is InChI=1S/C19H26N4O4S/c1-15-3-6-17(27-15)13-21(2)19(24)14-22-9-11-23(12-10-22)16-4-7-18(8-5-16)28(20,25)26/h3-8H,9-14H2,1-2H3,(H2,20,25,26). The number of furan rings is 1. The van der Waals surface area contributed by atoms with Gasteiger partial charge in [-0.3, -0.25) is 9.69 Å². The number of carbonyl (C=O) groups is 1. The molecule has 0 aliphatic carbocycles. The Bertz CT molecular complexity index is 916. The molecule has 0 spiro atoms. The lowest BCUT2D eigenvalue weighted by molar-refractivity contribution is -0.132. The van der Waals surface area contributed by atoms with E-state index in [1.54, 1.807) is 24.1 Å². The highest BCUT2D eigenvalue weighted by molar-refractivity contribution is 7.89. The van der Waals surface area contributed by atoms with Gasteiger partial charge in [-0.15, -0.1) is 0 Å². The minimum Gasteiger partial charge on any atom is -0.464 e. The van der Waals surface area contributed by atoms with Crippen LogP contribution < -0.4 is 10.0 Å². The summed E-state index contributed by atoms with van der Waals surface area (Å²) in [6.45, 7) is 5.77. The van der Waals surface area contributed by atoms with Gasteiger partial charge >= 0.3 is 0 Å². The molecule has 2 heterocycles. The van der Waals surface area contributed by atoms with Gasteiger partial charge in [0.1, 0.15) is 11.5 Å². The Kier molecular flexibility index (Phi) is 6.07. The Morgan fingerprint density at radius 2 is 1.75 bits per heavy atom. The molecule has 8 nitrogen and oxygen atoms in total. The lowest BCUT2D eigenvalue weighted by Gasteiger charge is -2.36. The fourth-order valence-electron chi connectivity index (χ4n) is 3.21. The minimum absolute atomic E-state index is 0.0556. The van der Waals surface area contributed by atoms with Crippen LogP contribution in [0, 0.1) is 6.92 Å². The second kappa shape index (κ2) is 8.34. The third kappa shape index (κ3) is 5.12. The topological polar surface area (TPSA) is 100 Å². The van der Waals surface area contributed by atoms with Crippen molar-refractivity contribution in [3.05, 3.63) is 47.9 Å². The lowest BCUT2D eigenvalue weighted by Crippen LogP contribution is -2.49. The summed E-state index contributed by atoms with van der Waals surface area (Å²) in [7, 11) is -1.90. The van der Waals surface area contributed by atoms with E-state index in [4.69, 9.17) is 9.56 Å². The summed E-state index contributed by atoms with van der Waals surface area (Å²) in [6.07, 6.45) is 0. The van der Waals surface area contributed by atoms with Crippen LogP contribution in [0.2, 0.25) is 0 Å². The number of sulfonamides is 1. The predicted molar refractivity (Wildman–Crippen MR) is 106 cm³/mol. The maximum atomic E-state index is 12.5. The third-order valence-electron chi connectivity index (χ3n) is 4.88. The molecule has 0 unspecified atom stereocenters. The summed E-state index contributed by atoms with van der Waals surface area (Å²) >= 11 is 0. The molecule has 152 valence electrons. The zero-order valence-electron chi connectivity index (χ0n) is 16.2. The molecule has 9 heteroatoms. The summed E-state index contributed by atoms with van der Waals surface area (Å²) in [5, 5.41) is 5.13. The Balaban J connectivity index is 1.49. The van der Waals surface area contributed by atoms with Crippen molar-refractivity contribution < 1.29 is 17.6 Å². The molecular formula is C19H26N4O4S. The zero-order chi connectivity index (χ0) is 20.3. The number of hydrogen-bond acceptors (Lipinski definition) is 6. The molecule has 1 aromatic carbocycles. The number of likely N-dealkylation sites (N-methyl/N-ethyl adjacent to an activating group) is 1. The van der Waals surface area contributed by atoms with Crippen LogP contribution in [0.3, 0.4) is 0 Å². The summed E-state index contributed by atoms with van der Waals surface area (Å²) in [4.78, 5) is 18.5. The molecule has 1 aliphatic rings. The number of nitrogens with zero attached hydrogens (tertiary/aromatic N) is 3. The fraction of sp³-hybridized carbons (Fsp3) is 0.421. The van der Waals surface area contributed by atoms with Crippen LogP contribution in [0.5, 0.6) is 0 Å². The van der Waals surface area contributed by atoms with Crippen molar-refractivity contribution in [1.29, 1.82) is 0 Å². The summed E-state index contributed by atoms with van der Waals surface area (Å²) in [5.74, 6) is 1.67. The van der Waals surface area contributed by atoms with Crippen molar-refractivity contribution >= 4 is 21.6 Å². The van der Waals surface area contributed by atoms with Gasteiger partial charge in [0.25, 0.3) is 0 Å². The highest BCUT2D eigenvalue weighted by Crippen LogP contribution is 2.19. The van der Waals surface area contributed by atoms with E-state index in [0.717, 1.165) is 43.4 Å². The highest BCUT2D eigenvalue weighted by Gasteiger charge is 2.21. The number of hydrogen-bond donors (Lipinski definition) is 1. The van der Waals surface area contributed by atoms with Crippen molar-refractivity contribution in [1.82, 2.24) is 9.80 Å². The number of nitrogens with two attached hydrogens (primary N) is 1. The Morgan fingerprint density at radius 3 is 2.29 bits per heavy atom. The smallest absolute Gasteiger partial charge is 0.238 e. The SMILES string of the molecule is Cc1ccc(CN(C)C(=O)CN2CCN(c3ccc(S(N)(=O)=O)cc3)CC2)o1. The van der Waals surface area contributed by atoms with Crippen LogP contribution in [0.4, 0.5) is 5.69 Å². The van der Waals surface area contributed by atoms with E-state index in [1.165, 1.54) is 12.1 Å². The number of anilines is 1. The molecule has 3 rings (SSSR count). The summed E-state index contributed by atoms with van der Waals surface area (Å²) in [6, 6.07) is 10.3. The third-order valence-corrected chi connectivity index (χ3v) is 5.81. The normalized spacial score (nSPS) is 15.6. The van der Waals surface area contributed by atoms with Gasteiger partial charge in [-0.2, -0.15) is 0 Å². The quantitative estimate of drug-likeness (QED) is 0.769.